The molecule has 0 fully saturated rings. The highest BCUT2D eigenvalue weighted by Gasteiger charge is 2.25. The summed E-state index contributed by atoms with van der Waals surface area (Å²) in [5, 5.41) is 7.00. The lowest BCUT2D eigenvalue weighted by atomic mass is 9.94. The van der Waals surface area contributed by atoms with Gasteiger partial charge in [-0.25, -0.2) is 4.68 Å². The van der Waals surface area contributed by atoms with Crippen molar-refractivity contribution in [3.63, 3.8) is 0 Å². The SMILES string of the molecule is CC1=NCC(C)=C1CCC1=CC(=O)n2ncc(C(=O)Nc3ccccc3)c2C1. The first-order valence-electron chi connectivity index (χ1n) is 9.40. The first kappa shape index (κ1) is 18.1. The normalized spacial score (nSPS) is 16.0. The molecule has 0 spiro atoms. The van der Waals surface area contributed by atoms with Gasteiger partial charge in [-0.05, 0) is 50.0 Å². The van der Waals surface area contributed by atoms with E-state index in [2.05, 4.69) is 22.3 Å². The molecule has 0 saturated carbocycles. The molecule has 1 amide bonds. The quantitative estimate of drug-likeness (QED) is 0.864. The summed E-state index contributed by atoms with van der Waals surface area (Å²) in [6, 6.07) is 9.26. The highest BCUT2D eigenvalue weighted by atomic mass is 16.2. The number of amides is 1. The fourth-order valence-electron chi connectivity index (χ4n) is 3.72. The summed E-state index contributed by atoms with van der Waals surface area (Å²) in [5.41, 5.74) is 6.50. The molecule has 0 radical (unpaired) electrons. The minimum absolute atomic E-state index is 0.197. The number of hydrogen-bond acceptors (Lipinski definition) is 4. The summed E-state index contributed by atoms with van der Waals surface area (Å²) in [4.78, 5) is 29.6. The van der Waals surface area contributed by atoms with Crippen molar-refractivity contribution in [3.05, 3.63) is 70.6 Å². The Balaban J connectivity index is 1.50. The standard InChI is InChI=1S/C22H22N4O2/c1-14-12-23-15(2)18(14)9-8-16-10-20-19(13-24-26(20)21(27)11-16)22(28)25-17-6-4-3-5-7-17/h3-7,11,13H,8-10,12H2,1-2H3,(H,25,28). The maximum Gasteiger partial charge on any atom is 0.271 e. The van der Waals surface area contributed by atoms with Gasteiger partial charge in [-0.15, -0.1) is 0 Å². The molecular weight excluding hydrogens is 352 g/mol. The van der Waals surface area contributed by atoms with E-state index in [9.17, 15) is 9.59 Å². The number of para-hydroxylation sites is 1. The van der Waals surface area contributed by atoms with Crippen LogP contribution in [0.4, 0.5) is 5.69 Å². The molecule has 2 aliphatic rings. The molecule has 2 aromatic rings. The van der Waals surface area contributed by atoms with Crippen LogP contribution in [0.15, 0.2) is 64.3 Å². The number of anilines is 1. The van der Waals surface area contributed by atoms with E-state index in [4.69, 9.17) is 0 Å². The maximum atomic E-state index is 12.7. The molecule has 1 aromatic heterocycles. The molecule has 28 heavy (non-hydrogen) atoms. The van der Waals surface area contributed by atoms with Gasteiger partial charge in [-0.3, -0.25) is 14.6 Å². The van der Waals surface area contributed by atoms with E-state index in [0.29, 0.717) is 23.4 Å². The van der Waals surface area contributed by atoms with Gasteiger partial charge in [0.15, 0.2) is 0 Å². The lowest BCUT2D eigenvalue weighted by Crippen LogP contribution is -2.22. The van der Waals surface area contributed by atoms with Crippen molar-refractivity contribution in [2.75, 3.05) is 11.9 Å². The number of hydrogen-bond donors (Lipinski definition) is 1. The fraction of sp³-hybridized carbons (Fsp3) is 0.273. The third-order valence-electron chi connectivity index (χ3n) is 5.28. The van der Waals surface area contributed by atoms with Crippen molar-refractivity contribution in [2.24, 2.45) is 4.99 Å². The van der Waals surface area contributed by atoms with Gasteiger partial charge in [-0.1, -0.05) is 23.8 Å². The second kappa shape index (κ2) is 7.38. The Morgan fingerprint density at radius 2 is 1.96 bits per heavy atom. The lowest BCUT2D eigenvalue weighted by molar-refractivity contribution is 0.0945. The van der Waals surface area contributed by atoms with Crippen LogP contribution in [0.5, 0.6) is 0 Å². The van der Waals surface area contributed by atoms with Gasteiger partial charge in [-0.2, -0.15) is 5.10 Å². The van der Waals surface area contributed by atoms with Crippen molar-refractivity contribution in [2.45, 2.75) is 33.1 Å². The van der Waals surface area contributed by atoms with Gasteiger partial charge in [0.05, 0.1) is 24.0 Å². The average molecular weight is 374 g/mol. The molecule has 142 valence electrons. The predicted molar refractivity (Wildman–Crippen MR) is 109 cm³/mol. The van der Waals surface area contributed by atoms with Crippen LogP contribution < -0.4 is 5.32 Å². The second-order valence-corrected chi connectivity index (χ2v) is 7.22. The van der Waals surface area contributed by atoms with Crippen LogP contribution in [0, 0.1) is 0 Å². The van der Waals surface area contributed by atoms with E-state index in [1.165, 1.54) is 22.0 Å². The van der Waals surface area contributed by atoms with Crippen molar-refractivity contribution >= 4 is 23.2 Å². The minimum atomic E-state index is -0.251. The van der Waals surface area contributed by atoms with Crippen molar-refractivity contribution in [1.82, 2.24) is 9.78 Å². The number of benzene rings is 1. The Labute approximate surface area is 163 Å². The molecule has 1 N–H and O–H groups in total. The van der Waals surface area contributed by atoms with E-state index in [1.807, 2.05) is 37.3 Å². The summed E-state index contributed by atoms with van der Waals surface area (Å²) in [5.74, 6) is -0.448. The van der Waals surface area contributed by atoms with E-state index in [0.717, 1.165) is 30.7 Å². The zero-order valence-corrected chi connectivity index (χ0v) is 16.0. The Morgan fingerprint density at radius 3 is 2.68 bits per heavy atom. The molecule has 0 bridgehead atoms. The largest absolute Gasteiger partial charge is 0.322 e. The van der Waals surface area contributed by atoms with Crippen molar-refractivity contribution in [1.29, 1.82) is 0 Å². The Morgan fingerprint density at radius 1 is 1.18 bits per heavy atom. The van der Waals surface area contributed by atoms with Gasteiger partial charge in [0.2, 0.25) is 0 Å². The second-order valence-electron chi connectivity index (χ2n) is 7.22. The molecule has 0 saturated heterocycles. The number of nitrogens with one attached hydrogen (secondary N) is 1. The van der Waals surface area contributed by atoms with Crippen LogP contribution in [0.2, 0.25) is 0 Å². The zero-order valence-electron chi connectivity index (χ0n) is 16.0. The Bertz CT molecular complexity index is 1040. The van der Waals surface area contributed by atoms with Gasteiger partial charge in [0, 0.05) is 23.9 Å². The highest BCUT2D eigenvalue weighted by Crippen LogP contribution is 2.26. The molecule has 0 unspecified atom stereocenters. The van der Waals surface area contributed by atoms with Gasteiger partial charge in [0.25, 0.3) is 11.8 Å². The number of aromatic nitrogens is 2. The third-order valence-corrected chi connectivity index (χ3v) is 5.28. The molecule has 1 aromatic carbocycles. The zero-order chi connectivity index (χ0) is 19.7. The smallest absolute Gasteiger partial charge is 0.271 e. The first-order valence-corrected chi connectivity index (χ1v) is 9.40. The fourth-order valence-corrected chi connectivity index (χ4v) is 3.72. The van der Waals surface area contributed by atoms with Crippen LogP contribution in [0.1, 0.15) is 47.5 Å². The highest BCUT2D eigenvalue weighted by molar-refractivity contribution is 6.06. The van der Waals surface area contributed by atoms with Gasteiger partial charge >= 0.3 is 0 Å². The summed E-state index contributed by atoms with van der Waals surface area (Å²) in [7, 11) is 0. The summed E-state index contributed by atoms with van der Waals surface area (Å²) < 4.78 is 1.33. The van der Waals surface area contributed by atoms with E-state index >= 15 is 0 Å². The topological polar surface area (TPSA) is 76.3 Å². The lowest BCUT2D eigenvalue weighted by Gasteiger charge is -2.16. The maximum absolute atomic E-state index is 12.7. The molecule has 0 atom stereocenters. The minimum Gasteiger partial charge on any atom is -0.322 e. The van der Waals surface area contributed by atoms with Gasteiger partial charge in [0.1, 0.15) is 0 Å². The summed E-state index contributed by atoms with van der Waals surface area (Å²) in [6.07, 6.45) is 5.31. The number of fused-ring (bicyclic) bond motifs is 1. The molecule has 0 aliphatic carbocycles. The van der Waals surface area contributed by atoms with E-state index in [-0.39, 0.29) is 11.8 Å². The molecule has 6 heteroatoms. The number of allylic oxidation sites excluding steroid dienone is 3. The number of aliphatic imine (C=N–C) groups is 1. The van der Waals surface area contributed by atoms with Crippen LogP contribution in [0.25, 0.3) is 0 Å². The van der Waals surface area contributed by atoms with Crippen molar-refractivity contribution in [3.8, 4) is 0 Å². The van der Waals surface area contributed by atoms with Crippen LogP contribution >= 0.6 is 0 Å². The predicted octanol–water partition coefficient (Wildman–Crippen LogP) is 3.83. The van der Waals surface area contributed by atoms with Gasteiger partial charge < -0.3 is 5.32 Å². The molecular formula is C22H22N4O2. The van der Waals surface area contributed by atoms with Crippen LogP contribution in [0.3, 0.4) is 0 Å². The van der Waals surface area contributed by atoms with E-state index < -0.39 is 0 Å². The molecule has 3 heterocycles. The summed E-state index contributed by atoms with van der Waals surface area (Å²) in [6.45, 7) is 4.92. The Kier molecular flexibility index (Phi) is 4.77. The molecule has 2 aliphatic heterocycles. The third kappa shape index (κ3) is 3.45. The number of carbonyl (C=O) groups is 2. The monoisotopic (exact) mass is 374 g/mol. The average Bonchev–Trinajstić information content (AvgIpc) is 3.25. The van der Waals surface area contributed by atoms with Crippen LogP contribution in [-0.2, 0) is 6.42 Å². The number of nitrogens with zero attached hydrogens (tertiary/aromatic N) is 3. The molecule has 4 rings (SSSR count). The van der Waals surface area contributed by atoms with E-state index in [1.54, 1.807) is 6.08 Å². The van der Waals surface area contributed by atoms with Crippen molar-refractivity contribution < 1.29 is 9.59 Å². The number of carbonyl (C=O) groups excluding carboxylic acids is 2. The number of rotatable bonds is 5. The summed E-state index contributed by atoms with van der Waals surface area (Å²) >= 11 is 0. The molecule has 6 nitrogen and oxygen atoms in total. The first-order chi connectivity index (χ1) is 13.5. The Hall–Kier alpha value is -3.28. The van der Waals surface area contributed by atoms with Crippen LogP contribution in [-0.4, -0.2) is 33.9 Å².